The molecule has 9 heteroatoms. The molecule has 0 spiro atoms. The summed E-state index contributed by atoms with van der Waals surface area (Å²) in [5.41, 5.74) is 3.89. The second-order valence-electron chi connectivity index (χ2n) is 7.08. The fourth-order valence-corrected chi connectivity index (χ4v) is 3.44. The van der Waals surface area contributed by atoms with Crippen LogP contribution in [0.15, 0.2) is 70.3 Å². The van der Waals surface area contributed by atoms with E-state index >= 15 is 0 Å². The van der Waals surface area contributed by atoms with E-state index in [1.54, 1.807) is 42.4 Å². The molecule has 0 aliphatic carbocycles. The largest absolute Gasteiger partial charge is 0.463 e. The molecular weight excluding hydrogens is 396 g/mol. The van der Waals surface area contributed by atoms with Crippen LogP contribution in [0.25, 0.3) is 22.6 Å². The second kappa shape index (κ2) is 7.86. The highest BCUT2D eigenvalue weighted by atomic mass is 16.5. The van der Waals surface area contributed by atoms with Crippen molar-refractivity contribution in [1.82, 2.24) is 30.2 Å². The Bertz CT molecular complexity index is 1340. The average molecular weight is 414 g/mol. The summed E-state index contributed by atoms with van der Waals surface area (Å²) in [6.07, 6.45) is 4.73. The summed E-state index contributed by atoms with van der Waals surface area (Å²) in [6, 6.07) is 13.2. The summed E-state index contributed by atoms with van der Waals surface area (Å²) in [6.45, 7) is 2.76. The maximum Gasteiger partial charge on any atom is 0.259 e. The van der Waals surface area contributed by atoms with E-state index in [0.29, 0.717) is 46.9 Å². The molecule has 1 N–H and O–H groups in total. The van der Waals surface area contributed by atoms with Crippen LogP contribution < -0.4 is 5.32 Å². The molecule has 5 aromatic rings. The Balaban J connectivity index is 1.39. The van der Waals surface area contributed by atoms with Crippen molar-refractivity contribution in [1.29, 1.82) is 0 Å². The average Bonchev–Trinajstić information content (AvgIpc) is 3.55. The van der Waals surface area contributed by atoms with Crippen LogP contribution in [-0.4, -0.2) is 30.8 Å². The molecule has 0 bridgehead atoms. The molecule has 154 valence electrons. The van der Waals surface area contributed by atoms with E-state index in [1.165, 1.54) is 6.33 Å². The first-order chi connectivity index (χ1) is 15.2. The summed E-state index contributed by atoms with van der Waals surface area (Å²) >= 11 is 0. The predicted molar refractivity (Wildman–Crippen MR) is 111 cm³/mol. The van der Waals surface area contributed by atoms with Gasteiger partial charge < -0.3 is 14.3 Å². The van der Waals surface area contributed by atoms with E-state index in [-0.39, 0.29) is 5.91 Å². The van der Waals surface area contributed by atoms with Crippen LogP contribution in [0.1, 0.15) is 27.2 Å². The van der Waals surface area contributed by atoms with Gasteiger partial charge in [-0.2, -0.15) is 5.10 Å². The fraction of sp³-hybridized carbons (Fsp3) is 0.136. The number of nitrogens with zero attached hydrogens (tertiary/aromatic N) is 5. The number of fused-ring (bicyclic) bond motifs is 1. The number of aromatic nitrogens is 5. The molecule has 1 amide bonds. The number of hydrogen-bond acceptors (Lipinski definition) is 7. The molecule has 0 atom stereocenters. The quantitative estimate of drug-likeness (QED) is 0.453. The van der Waals surface area contributed by atoms with Crippen LogP contribution in [-0.2, 0) is 13.1 Å². The Hall–Kier alpha value is -4.27. The van der Waals surface area contributed by atoms with Gasteiger partial charge in [0, 0.05) is 6.54 Å². The Morgan fingerprint density at radius 3 is 2.87 bits per heavy atom. The number of carbonyl (C=O) groups is 1. The van der Waals surface area contributed by atoms with E-state index in [4.69, 9.17) is 8.94 Å². The highest BCUT2D eigenvalue weighted by molar-refractivity contribution is 6.06. The molecule has 9 nitrogen and oxygen atoms in total. The zero-order chi connectivity index (χ0) is 21.2. The number of amides is 1. The Labute approximate surface area is 176 Å². The molecule has 4 aromatic heterocycles. The minimum atomic E-state index is -0.242. The number of pyridine rings is 1. The molecule has 0 fully saturated rings. The third-order valence-electron chi connectivity index (χ3n) is 4.89. The lowest BCUT2D eigenvalue weighted by molar-refractivity contribution is 0.0952. The first-order valence-electron chi connectivity index (χ1n) is 9.67. The lowest BCUT2D eigenvalue weighted by atomic mass is 10.1. The monoisotopic (exact) mass is 414 g/mol. The summed E-state index contributed by atoms with van der Waals surface area (Å²) in [7, 11) is 0. The first-order valence-corrected chi connectivity index (χ1v) is 9.67. The summed E-state index contributed by atoms with van der Waals surface area (Å²) in [5.74, 6) is 0.305. The van der Waals surface area contributed by atoms with Crippen LogP contribution in [0.3, 0.4) is 0 Å². The summed E-state index contributed by atoms with van der Waals surface area (Å²) < 4.78 is 12.5. The number of rotatable bonds is 6. The number of hydrogen-bond donors (Lipinski definition) is 1. The van der Waals surface area contributed by atoms with E-state index < -0.39 is 0 Å². The van der Waals surface area contributed by atoms with Gasteiger partial charge in [-0.15, -0.1) is 0 Å². The van der Waals surface area contributed by atoms with Crippen molar-refractivity contribution >= 4 is 17.0 Å². The minimum absolute atomic E-state index is 0.242. The first kappa shape index (κ1) is 18.7. The zero-order valence-electron chi connectivity index (χ0n) is 16.6. The van der Waals surface area contributed by atoms with Crippen LogP contribution >= 0.6 is 0 Å². The molecule has 0 saturated heterocycles. The van der Waals surface area contributed by atoms with Crippen molar-refractivity contribution in [2.24, 2.45) is 0 Å². The normalized spacial score (nSPS) is 11.1. The second-order valence-corrected chi connectivity index (χ2v) is 7.08. The number of benzene rings is 1. The van der Waals surface area contributed by atoms with Gasteiger partial charge in [-0.3, -0.25) is 4.79 Å². The van der Waals surface area contributed by atoms with E-state index in [1.807, 2.05) is 24.3 Å². The zero-order valence-corrected chi connectivity index (χ0v) is 16.6. The topological polar surface area (TPSA) is 112 Å². The molecule has 5 rings (SSSR count). The molecular formula is C22H18N6O3. The van der Waals surface area contributed by atoms with Gasteiger partial charge in [0.15, 0.2) is 5.76 Å². The van der Waals surface area contributed by atoms with Gasteiger partial charge in [-0.05, 0) is 36.2 Å². The fourth-order valence-electron chi connectivity index (χ4n) is 3.44. The molecule has 0 radical (unpaired) electrons. The van der Waals surface area contributed by atoms with Crippen molar-refractivity contribution in [2.45, 2.75) is 20.0 Å². The number of furan rings is 1. The smallest absolute Gasteiger partial charge is 0.259 e. The molecule has 31 heavy (non-hydrogen) atoms. The van der Waals surface area contributed by atoms with Crippen LogP contribution in [0.5, 0.6) is 0 Å². The highest BCUT2D eigenvalue weighted by Crippen LogP contribution is 2.27. The standard InChI is InChI=1S/C22H18N6O3/c1-14-20-17(9-18(19-6-3-7-30-19)26-22(20)31-27-14)21(29)24-10-15-4-2-5-16(8-15)11-28-13-23-12-25-28/h2-9,12-13H,10-11H2,1H3,(H,24,29). The maximum absolute atomic E-state index is 13.1. The third kappa shape index (κ3) is 3.80. The van der Waals surface area contributed by atoms with Crippen LogP contribution in [0.4, 0.5) is 0 Å². The number of aryl methyl sites for hydroxylation is 1. The Kier molecular flexibility index (Phi) is 4.75. The van der Waals surface area contributed by atoms with Crippen molar-refractivity contribution in [2.75, 3.05) is 0 Å². The number of carbonyl (C=O) groups excluding carboxylic acids is 1. The van der Waals surface area contributed by atoms with Gasteiger partial charge in [-0.25, -0.2) is 14.6 Å². The Morgan fingerprint density at radius 2 is 2.06 bits per heavy atom. The van der Waals surface area contributed by atoms with E-state index in [0.717, 1.165) is 11.1 Å². The van der Waals surface area contributed by atoms with E-state index in [9.17, 15) is 4.79 Å². The SMILES string of the molecule is Cc1noc2nc(-c3ccco3)cc(C(=O)NCc3cccc(Cn4cncn4)c3)c12. The number of nitrogens with one attached hydrogen (secondary N) is 1. The molecule has 1 aromatic carbocycles. The van der Waals surface area contributed by atoms with Crippen LogP contribution in [0.2, 0.25) is 0 Å². The van der Waals surface area contributed by atoms with Gasteiger partial charge >= 0.3 is 0 Å². The van der Waals surface area contributed by atoms with Crippen molar-refractivity contribution in [3.63, 3.8) is 0 Å². The van der Waals surface area contributed by atoms with Crippen molar-refractivity contribution in [3.8, 4) is 11.5 Å². The molecule has 0 aliphatic heterocycles. The van der Waals surface area contributed by atoms with Gasteiger partial charge in [0.1, 0.15) is 18.3 Å². The lowest BCUT2D eigenvalue weighted by Gasteiger charge is -2.09. The lowest BCUT2D eigenvalue weighted by Crippen LogP contribution is -2.23. The Morgan fingerprint density at radius 1 is 1.16 bits per heavy atom. The third-order valence-corrected chi connectivity index (χ3v) is 4.89. The van der Waals surface area contributed by atoms with E-state index in [2.05, 4.69) is 25.5 Å². The van der Waals surface area contributed by atoms with Gasteiger partial charge in [0.25, 0.3) is 11.6 Å². The van der Waals surface area contributed by atoms with Crippen molar-refractivity contribution < 1.29 is 13.7 Å². The summed E-state index contributed by atoms with van der Waals surface area (Å²) in [5, 5.41) is 11.7. The van der Waals surface area contributed by atoms with Gasteiger partial charge in [0.2, 0.25) is 0 Å². The summed E-state index contributed by atoms with van der Waals surface area (Å²) in [4.78, 5) is 21.5. The van der Waals surface area contributed by atoms with Gasteiger partial charge in [0.05, 0.1) is 29.5 Å². The highest BCUT2D eigenvalue weighted by Gasteiger charge is 2.20. The molecule has 4 heterocycles. The predicted octanol–water partition coefficient (Wildman–Crippen LogP) is 3.36. The minimum Gasteiger partial charge on any atom is -0.463 e. The van der Waals surface area contributed by atoms with Gasteiger partial charge in [-0.1, -0.05) is 29.4 Å². The maximum atomic E-state index is 13.1. The van der Waals surface area contributed by atoms with Crippen LogP contribution in [0, 0.1) is 6.92 Å². The molecule has 0 saturated carbocycles. The molecule has 0 unspecified atom stereocenters. The molecule has 0 aliphatic rings. The van der Waals surface area contributed by atoms with Crippen molar-refractivity contribution in [3.05, 3.63) is 83.8 Å².